The van der Waals surface area contributed by atoms with Crippen LogP contribution in [0.2, 0.25) is 0 Å². The molecule has 3 heterocycles. The molecule has 8 nitrogen and oxygen atoms in total. The van der Waals surface area contributed by atoms with Crippen molar-refractivity contribution < 1.29 is 9.47 Å². The van der Waals surface area contributed by atoms with Crippen LogP contribution < -0.4 is 15.4 Å². The molecule has 4 rings (SSSR count). The minimum absolute atomic E-state index is 0.615. The van der Waals surface area contributed by atoms with Crippen LogP contribution >= 0.6 is 11.8 Å². The molecule has 0 aliphatic carbocycles. The molecule has 0 fully saturated rings. The van der Waals surface area contributed by atoms with E-state index < -0.39 is 0 Å². The first-order valence-corrected chi connectivity index (χ1v) is 10.0. The number of aryl methyl sites for hydroxylation is 1. The predicted molar refractivity (Wildman–Crippen MR) is 110 cm³/mol. The molecule has 0 atom stereocenters. The lowest BCUT2D eigenvalue weighted by Gasteiger charge is -2.23. The van der Waals surface area contributed by atoms with Crippen molar-refractivity contribution in [3.05, 3.63) is 42.6 Å². The van der Waals surface area contributed by atoms with Crippen molar-refractivity contribution in [1.82, 2.24) is 19.5 Å². The highest BCUT2D eigenvalue weighted by Crippen LogP contribution is 2.30. The summed E-state index contributed by atoms with van der Waals surface area (Å²) < 4.78 is 12.6. The Kier molecular flexibility index (Phi) is 5.25. The molecule has 0 saturated heterocycles. The van der Waals surface area contributed by atoms with Crippen molar-refractivity contribution in [2.45, 2.75) is 24.4 Å². The first kappa shape index (κ1) is 18.4. The molecule has 146 valence electrons. The summed E-state index contributed by atoms with van der Waals surface area (Å²) in [5.41, 5.74) is 9.36. The molecule has 0 spiro atoms. The monoisotopic (exact) mass is 398 g/mol. The van der Waals surface area contributed by atoms with Crippen LogP contribution in [0.15, 0.2) is 42.1 Å². The van der Waals surface area contributed by atoms with Crippen molar-refractivity contribution in [1.29, 1.82) is 0 Å². The molecular weight excluding hydrogens is 376 g/mol. The van der Waals surface area contributed by atoms with E-state index in [4.69, 9.17) is 25.2 Å². The van der Waals surface area contributed by atoms with Crippen molar-refractivity contribution >= 4 is 34.4 Å². The van der Waals surface area contributed by atoms with Crippen LogP contribution in [-0.2, 0) is 17.0 Å². The number of anilines is 2. The number of nitrogen functional groups attached to an aromatic ring is 1. The second-order valence-corrected chi connectivity index (χ2v) is 7.19. The van der Waals surface area contributed by atoms with Crippen LogP contribution in [0.3, 0.4) is 0 Å². The van der Waals surface area contributed by atoms with Gasteiger partial charge in [0.05, 0.1) is 31.9 Å². The normalized spacial score (nSPS) is 13.7. The van der Waals surface area contributed by atoms with Crippen molar-refractivity contribution in [2.75, 3.05) is 30.9 Å². The second kappa shape index (κ2) is 7.97. The predicted octanol–water partition coefficient (Wildman–Crippen LogP) is 3.04. The highest BCUT2D eigenvalue weighted by Gasteiger charge is 2.19. The number of ether oxygens (including phenoxy) is 2. The molecule has 28 heavy (non-hydrogen) atoms. The van der Waals surface area contributed by atoms with Gasteiger partial charge in [-0.25, -0.2) is 15.0 Å². The highest BCUT2D eigenvalue weighted by molar-refractivity contribution is 7.98. The third-order valence-electron chi connectivity index (χ3n) is 4.49. The van der Waals surface area contributed by atoms with E-state index in [0.29, 0.717) is 29.0 Å². The molecular formula is C19H22N6O2S. The van der Waals surface area contributed by atoms with Gasteiger partial charge in [-0.05, 0) is 24.6 Å². The number of hydrogen-bond acceptors (Lipinski definition) is 8. The fraction of sp³-hybridized carbons (Fsp3) is 0.316. The number of benzene rings is 1. The first-order valence-electron chi connectivity index (χ1n) is 9.02. The Morgan fingerprint density at radius 2 is 2.21 bits per heavy atom. The average molecular weight is 398 g/mol. The Morgan fingerprint density at radius 1 is 1.32 bits per heavy atom. The summed E-state index contributed by atoms with van der Waals surface area (Å²) in [7, 11) is 1.61. The molecule has 1 aromatic carbocycles. The van der Waals surface area contributed by atoms with E-state index in [9.17, 15) is 0 Å². The van der Waals surface area contributed by atoms with Crippen LogP contribution in [0.25, 0.3) is 11.2 Å². The summed E-state index contributed by atoms with van der Waals surface area (Å²) in [6.07, 6.45) is 5.38. The summed E-state index contributed by atoms with van der Waals surface area (Å²) in [6, 6.07) is 5.81. The molecule has 2 N–H and O–H groups in total. The minimum atomic E-state index is 0.615. The van der Waals surface area contributed by atoms with Crippen LogP contribution in [0.5, 0.6) is 5.75 Å². The fourth-order valence-corrected chi connectivity index (χ4v) is 3.79. The van der Waals surface area contributed by atoms with Gasteiger partial charge in [0.1, 0.15) is 12.4 Å². The fourth-order valence-electron chi connectivity index (χ4n) is 3.01. The zero-order chi connectivity index (χ0) is 19.5. The van der Waals surface area contributed by atoms with Crippen LogP contribution in [0.1, 0.15) is 12.5 Å². The number of fused-ring (bicyclic) bond motifs is 1. The molecule has 0 amide bonds. The van der Waals surface area contributed by atoms with Gasteiger partial charge in [-0.1, -0.05) is 17.8 Å². The molecule has 2 aromatic heterocycles. The third kappa shape index (κ3) is 3.57. The maximum atomic E-state index is 6.02. The van der Waals surface area contributed by atoms with E-state index in [1.165, 1.54) is 0 Å². The lowest BCUT2D eigenvalue weighted by Crippen LogP contribution is -2.25. The smallest absolute Gasteiger partial charge is 0.191 e. The number of methoxy groups -OCH3 is 1. The zero-order valence-electron chi connectivity index (χ0n) is 15.8. The van der Waals surface area contributed by atoms with Gasteiger partial charge in [0.2, 0.25) is 0 Å². The Hall–Kier alpha value is -2.94. The van der Waals surface area contributed by atoms with E-state index in [1.807, 2.05) is 35.3 Å². The Morgan fingerprint density at radius 3 is 2.93 bits per heavy atom. The van der Waals surface area contributed by atoms with Crippen molar-refractivity contribution in [3.63, 3.8) is 0 Å². The van der Waals surface area contributed by atoms with E-state index in [0.717, 1.165) is 35.6 Å². The lowest BCUT2D eigenvalue weighted by atomic mass is 10.2. The lowest BCUT2D eigenvalue weighted by molar-refractivity contribution is 0.245. The molecule has 0 bridgehead atoms. The summed E-state index contributed by atoms with van der Waals surface area (Å²) in [5, 5.41) is 0.701. The number of nitrogens with two attached hydrogens (primary N) is 1. The molecule has 0 unspecified atom stereocenters. The van der Waals surface area contributed by atoms with Gasteiger partial charge in [0.25, 0.3) is 0 Å². The Labute approximate surface area is 167 Å². The minimum Gasteiger partial charge on any atom is -0.498 e. The quantitative estimate of drug-likeness (QED) is 0.385. The third-order valence-corrected chi connectivity index (χ3v) is 5.41. The Balaban J connectivity index is 1.65. The molecule has 1 aliphatic heterocycles. The SMILES string of the molecule is CCn1cnc2c(N3C=COCC3)nc(SCc3ccc(OC)c(N)c3)nc21. The number of hydrogen-bond donors (Lipinski definition) is 1. The second-order valence-electron chi connectivity index (χ2n) is 6.25. The number of rotatable bonds is 6. The molecule has 3 aromatic rings. The van der Waals surface area contributed by atoms with Crippen molar-refractivity contribution in [3.8, 4) is 5.75 Å². The van der Waals surface area contributed by atoms with Gasteiger partial charge in [0.15, 0.2) is 22.1 Å². The van der Waals surface area contributed by atoms with Crippen molar-refractivity contribution in [2.24, 2.45) is 0 Å². The van der Waals surface area contributed by atoms with Crippen LogP contribution in [-0.4, -0.2) is 39.8 Å². The Bertz CT molecular complexity index is 1020. The number of aromatic nitrogens is 4. The first-order chi connectivity index (χ1) is 13.7. The summed E-state index contributed by atoms with van der Waals surface area (Å²) in [5.74, 6) is 2.19. The molecule has 9 heteroatoms. The van der Waals surface area contributed by atoms with Gasteiger partial charge >= 0.3 is 0 Å². The van der Waals surface area contributed by atoms with Gasteiger partial charge in [-0.3, -0.25) is 0 Å². The van der Waals surface area contributed by atoms with E-state index in [-0.39, 0.29) is 0 Å². The topological polar surface area (TPSA) is 91.3 Å². The maximum absolute atomic E-state index is 6.02. The van der Waals surface area contributed by atoms with Gasteiger partial charge in [0, 0.05) is 18.5 Å². The number of nitrogens with zero attached hydrogens (tertiary/aromatic N) is 5. The maximum Gasteiger partial charge on any atom is 0.191 e. The highest BCUT2D eigenvalue weighted by atomic mass is 32.2. The summed E-state index contributed by atoms with van der Waals surface area (Å²) >= 11 is 1.57. The largest absolute Gasteiger partial charge is 0.498 e. The molecule has 1 aliphatic rings. The molecule has 0 saturated carbocycles. The van der Waals surface area contributed by atoms with Gasteiger partial charge in [-0.15, -0.1) is 0 Å². The zero-order valence-corrected chi connectivity index (χ0v) is 16.6. The van der Waals surface area contributed by atoms with Crippen LogP contribution in [0, 0.1) is 0 Å². The van der Waals surface area contributed by atoms with Gasteiger partial charge < -0.3 is 24.7 Å². The van der Waals surface area contributed by atoms with Crippen LogP contribution in [0.4, 0.5) is 11.5 Å². The van der Waals surface area contributed by atoms with E-state index in [2.05, 4.69) is 16.8 Å². The van der Waals surface area contributed by atoms with E-state index in [1.54, 1.807) is 25.1 Å². The standard InChI is InChI=1S/C19H22N6O2S/c1-3-24-12-21-16-17(24)22-19(23-18(16)25-6-8-27-9-7-25)28-11-13-4-5-15(26-2)14(20)10-13/h4-6,8,10,12H,3,7,9,11,20H2,1-2H3. The summed E-state index contributed by atoms with van der Waals surface area (Å²) in [6.45, 7) is 4.21. The summed E-state index contributed by atoms with van der Waals surface area (Å²) in [4.78, 5) is 16.1. The van der Waals surface area contributed by atoms with Gasteiger partial charge in [-0.2, -0.15) is 0 Å². The number of thioether (sulfide) groups is 1. The van der Waals surface area contributed by atoms with E-state index >= 15 is 0 Å². The number of imidazole rings is 1. The molecule has 0 radical (unpaired) electrons. The average Bonchev–Trinajstić information content (AvgIpc) is 3.15.